The number of aliphatic hydroxyl groups is 1. The van der Waals surface area contributed by atoms with Crippen LogP contribution in [0, 0.1) is 6.92 Å². The summed E-state index contributed by atoms with van der Waals surface area (Å²) in [7, 11) is 0. The number of β-amino-alcohol motifs (C(OH)–C–C–N with tert-alkyl or cyclic N) is 1. The van der Waals surface area contributed by atoms with E-state index in [0.29, 0.717) is 0 Å². The molecule has 1 aromatic rings. The van der Waals surface area contributed by atoms with Gasteiger partial charge in [-0.1, -0.05) is 0 Å². The Bertz CT molecular complexity index is 282. The Morgan fingerprint density at radius 2 is 2.46 bits per heavy atom. The van der Waals surface area contributed by atoms with Crippen LogP contribution in [0.2, 0.25) is 0 Å². The third-order valence-electron chi connectivity index (χ3n) is 2.42. The Labute approximate surface area is 78.0 Å². The molecule has 2 heterocycles. The SMILES string of the molecule is Cc1ccc(CN2CCC(O)C2)o1. The molecule has 1 aliphatic rings. The third-order valence-corrected chi connectivity index (χ3v) is 2.42. The molecule has 1 aromatic heterocycles. The number of likely N-dealkylation sites (tertiary alicyclic amines) is 1. The van der Waals surface area contributed by atoms with Crippen molar-refractivity contribution in [1.29, 1.82) is 0 Å². The molecule has 0 aromatic carbocycles. The lowest BCUT2D eigenvalue weighted by atomic mass is 10.3. The minimum atomic E-state index is -0.143. The maximum atomic E-state index is 9.31. The fourth-order valence-electron chi connectivity index (χ4n) is 1.75. The van der Waals surface area contributed by atoms with Gasteiger partial charge in [0.2, 0.25) is 0 Å². The van der Waals surface area contributed by atoms with Crippen LogP contribution in [0.25, 0.3) is 0 Å². The number of nitrogens with zero attached hydrogens (tertiary/aromatic N) is 1. The van der Waals surface area contributed by atoms with E-state index in [1.165, 1.54) is 0 Å². The second-order valence-electron chi connectivity index (χ2n) is 3.69. The zero-order chi connectivity index (χ0) is 9.26. The first-order chi connectivity index (χ1) is 6.24. The van der Waals surface area contributed by atoms with E-state index in [4.69, 9.17) is 4.42 Å². The fraction of sp³-hybridized carbons (Fsp3) is 0.600. The van der Waals surface area contributed by atoms with Crippen LogP contribution >= 0.6 is 0 Å². The van der Waals surface area contributed by atoms with Gasteiger partial charge in [0, 0.05) is 13.1 Å². The van der Waals surface area contributed by atoms with Crippen molar-refractivity contribution in [1.82, 2.24) is 4.90 Å². The molecule has 2 rings (SSSR count). The summed E-state index contributed by atoms with van der Waals surface area (Å²) < 4.78 is 5.46. The zero-order valence-electron chi connectivity index (χ0n) is 7.86. The Balaban J connectivity index is 1.91. The molecule has 1 N–H and O–H groups in total. The smallest absolute Gasteiger partial charge is 0.118 e. The van der Waals surface area contributed by atoms with E-state index in [-0.39, 0.29) is 6.10 Å². The monoisotopic (exact) mass is 181 g/mol. The topological polar surface area (TPSA) is 36.6 Å². The van der Waals surface area contributed by atoms with Crippen molar-refractivity contribution in [2.24, 2.45) is 0 Å². The van der Waals surface area contributed by atoms with Crippen LogP contribution in [-0.2, 0) is 6.54 Å². The average molecular weight is 181 g/mol. The van der Waals surface area contributed by atoms with Crippen molar-refractivity contribution >= 4 is 0 Å². The van der Waals surface area contributed by atoms with Crippen molar-refractivity contribution in [3.63, 3.8) is 0 Å². The molecule has 0 spiro atoms. The Morgan fingerprint density at radius 1 is 1.62 bits per heavy atom. The molecule has 0 aliphatic carbocycles. The van der Waals surface area contributed by atoms with Gasteiger partial charge in [0.1, 0.15) is 11.5 Å². The molecule has 1 fully saturated rings. The average Bonchev–Trinajstić information content (AvgIpc) is 2.62. The van der Waals surface area contributed by atoms with E-state index in [9.17, 15) is 5.11 Å². The highest BCUT2D eigenvalue weighted by molar-refractivity contribution is 5.05. The molecule has 13 heavy (non-hydrogen) atoms. The first-order valence-corrected chi connectivity index (χ1v) is 4.70. The molecule has 0 amide bonds. The van der Waals surface area contributed by atoms with Crippen LogP contribution in [0.5, 0.6) is 0 Å². The number of hydrogen-bond donors (Lipinski definition) is 1. The summed E-state index contributed by atoms with van der Waals surface area (Å²) in [4.78, 5) is 2.21. The molecule has 72 valence electrons. The van der Waals surface area contributed by atoms with Gasteiger partial charge in [-0.3, -0.25) is 4.90 Å². The molecule has 1 saturated heterocycles. The van der Waals surface area contributed by atoms with E-state index < -0.39 is 0 Å². The second-order valence-corrected chi connectivity index (χ2v) is 3.69. The van der Waals surface area contributed by atoms with E-state index in [2.05, 4.69) is 4.90 Å². The van der Waals surface area contributed by atoms with Crippen LogP contribution in [0.1, 0.15) is 17.9 Å². The van der Waals surface area contributed by atoms with E-state index in [1.807, 2.05) is 19.1 Å². The molecule has 1 aliphatic heterocycles. The van der Waals surface area contributed by atoms with E-state index in [0.717, 1.165) is 37.6 Å². The maximum Gasteiger partial charge on any atom is 0.118 e. The summed E-state index contributed by atoms with van der Waals surface area (Å²) in [5.74, 6) is 1.95. The Kier molecular flexibility index (Phi) is 2.38. The minimum absolute atomic E-state index is 0.143. The number of rotatable bonds is 2. The van der Waals surface area contributed by atoms with Crippen LogP contribution in [-0.4, -0.2) is 29.2 Å². The highest BCUT2D eigenvalue weighted by Crippen LogP contribution is 2.14. The van der Waals surface area contributed by atoms with Crippen molar-refractivity contribution in [2.45, 2.75) is 26.0 Å². The van der Waals surface area contributed by atoms with Crippen LogP contribution in [0.15, 0.2) is 16.5 Å². The van der Waals surface area contributed by atoms with Gasteiger partial charge in [0.15, 0.2) is 0 Å². The summed E-state index contributed by atoms with van der Waals surface area (Å²) in [5, 5.41) is 9.31. The second kappa shape index (κ2) is 3.52. The number of furan rings is 1. The lowest BCUT2D eigenvalue weighted by molar-refractivity contribution is 0.172. The van der Waals surface area contributed by atoms with E-state index >= 15 is 0 Å². The molecule has 1 unspecified atom stereocenters. The van der Waals surface area contributed by atoms with Gasteiger partial charge in [-0.15, -0.1) is 0 Å². The van der Waals surface area contributed by atoms with Crippen molar-refractivity contribution in [3.05, 3.63) is 23.7 Å². The Hall–Kier alpha value is -0.800. The van der Waals surface area contributed by atoms with Gasteiger partial charge in [-0.05, 0) is 25.5 Å². The maximum absolute atomic E-state index is 9.31. The highest BCUT2D eigenvalue weighted by atomic mass is 16.3. The van der Waals surface area contributed by atoms with Gasteiger partial charge < -0.3 is 9.52 Å². The molecule has 0 bridgehead atoms. The van der Waals surface area contributed by atoms with Crippen LogP contribution < -0.4 is 0 Å². The normalized spacial score (nSPS) is 24.0. The van der Waals surface area contributed by atoms with Gasteiger partial charge in [0.05, 0.1) is 12.6 Å². The summed E-state index contributed by atoms with van der Waals surface area (Å²) >= 11 is 0. The minimum Gasteiger partial charge on any atom is -0.465 e. The quantitative estimate of drug-likeness (QED) is 0.743. The van der Waals surface area contributed by atoms with Crippen LogP contribution in [0.3, 0.4) is 0 Å². The predicted octanol–water partition coefficient (Wildman–Crippen LogP) is 1.15. The molecule has 0 radical (unpaired) electrons. The largest absolute Gasteiger partial charge is 0.465 e. The van der Waals surface area contributed by atoms with Gasteiger partial charge in [0.25, 0.3) is 0 Å². The summed E-state index contributed by atoms with van der Waals surface area (Å²) in [6.07, 6.45) is 0.746. The van der Waals surface area contributed by atoms with Crippen molar-refractivity contribution in [2.75, 3.05) is 13.1 Å². The summed E-state index contributed by atoms with van der Waals surface area (Å²) in [6.45, 7) is 4.52. The van der Waals surface area contributed by atoms with Crippen molar-refractivity contribution < 1.29 is 9.52 Å². The first-order valence-electron chi connectivity index (χ1n) is 4.70. The fourth-order valence-corrected chi connectivity index (χ4v) is 1.75. The zero-order valence-corrected chi connectivity index (χ0v) is 7.86. The summed E-state index contributed by atoms with van der Waals surface area (Å²) in [6, 6.07) is 3.97. The molecule has 3 nitrogen and oxygen atoms in total. The lowest BCUT2D eigenvalue weighted by Crippen LogP contribution is -2.21. The van der Waals surface area contributed by atoms with Gasteiger partial charge in [-0.2, -0.15) is 0 Å². The van der Waals surface area contributed by atoms with Crippen molar-refractivity contribution in [3.8, 4) is 0 Å². The third kappa shape index (κ3) is 2.11. The van der Waals surface area contributed by atoms with Gasteiger partial charge in [-0.25, -0.2) is 0 Å². The molecular formula is C10H15NO2. The summed E-state index contributed by atoms with van der Waals surface area (Å²) in [5.41, 5.74) is 0. The Morgan fingerprint density at radius 3 is 3.00 bits per heavy atom. The molecular weight excluding hydrogens is 166 g/mol. The molecule has 0 saturated carbocycles. The standard InChI is InChI=1S/C10H15NO2/c1-8-2-3-10(13-8)7-11-5-4-9(12)6-11/h2-3,9,12H,4-7H2,1H3. The van der Waals surface area contributed by atoms with Crippen LogP contribution in [0.4, 0.5) is 0 Å². The molecule has 1 atom stereocenters. The number of hydrogen-bond acceptors (Lipinski definition) is 3. The molecule has 3 heteroatoms. The predicted molar refractivity (Wildman–Crippen MR) is 49.3 cm³/mol. The van der Waals surface area contributed by atoms with E-state index in [1.54, 1.807) is 0 Å². The van der Waals surface area contributed by atoms with Gasteiger partial charge >= 0.3 is 0 Å². The first kappa shape index (κ1) is 8.78. The number of aryl methyl sites for hydroxylation is 1. The number of aliphatic hydroxyl groups excluding tert-OH is 1. The highest BCUT2D eigenvalue weighted by Gasteiger charge is 2.20. The lowest BCUT2D eigenvalue weighted by Gasteiger charge is -2.12.